The third-order valence-electron chi connectivity index (χ3n) is 5.42. The number of benzene rings is 1. The molecule has 1 N–H and O–H groups in total. The summed E-state index contributed by atoms with van der Waals surface area (Å²) in [6.07, 6.45) is 2.69. The highest BCUT2D eigenvalue weighted by atomic mass is 16.1. The third kappa shape index (κ3) is 4.33. The maximum Gasteiger partial charge on any atom is 0.229 e. The van der Waals surface area contributed by atoms with Crippen LogP contribution in [0.3, 0.4) is 0 Å². The number of nitrogens with zero attached hydrogens (tertiary/aromatic N) is 6. The Bertz CT molecular complexity index is 781. The lowest BCUT2D eigenvalue weighted by atomic mass is 10.2. The van der Waals surface area contributed by atoms with Gasteiger partial charge in [-0.25, -0.2) is 4.98 Å². The Kier molecular flexibility index (Phi) is 5.57. The van der Waals surface area contributed by atoms with Crippen molar-refractivity contribution in [2.24, 2.45) is 0 Å². The monoisotopic (exact) mass is 381 g/mol. The molecule has 8 heteroatoms. The fourth-order valence-corrected chi connectivity index (χ4v) is 3.59. The lowest BCUT2D eigenvalue weighted by Gasteiger charge is -2.34. The van der Waals surface area contributed by atoms with Gasteiger partial charge in [0.05, 0.1) is 0 Å². The van der Waals surface area contributed by atoms with Gasteiger partial charge in [0.25, 0.3) is 0 Å². The van der Waals surface area contributed by atoms with E-state index >= 15 is 0 Å². The van der Waals surface area contributed by atoms with Gasteiger partial charge >= 0.3 is 0 Å². The maximum atomic E-state index is 10.9. The van der Waals surface area contributed by atoms with Gasteiger partial charge in [0, 0.05) is 69.9 Å². The summed E-state index contributed by atoms with van der Waals surface area (Å²) in [4.78, 5) is 28.6. The Balaban J connectivity index is 1.38. The van der Waals surface area contributed by atoms with Crippen molar-refractivity contribution in [3.63, 3.8) is 0 Å². The van der Waals surface area contributed by atoms with Crippen LogP contribution in [0, 0.1) is 0 Å². The van der Waals surface area contributed by atoms with E-state index in [9.17, 15) is 4.79 Å². The van der Waals surface area contributed by atoms with E-state index in [-0.39, 0.29) is 0 Å². The number of rotatable bonds is 5. The standard InChI is InChI=1S/C20H27N7O/c1-24-8-12-26(13-9-24)18-4-2-17(3-5-18)22-20-21-7-6-19(23-20)27-14-10-25(16-28)11-15-27/h2-7,16H,8-15H2,1H3,(H,21,22,23). The topological polar surface area (TPSA) is 67.8 Å². The van der Waals surface area contributed by atoms with Gasteiger partial charge in [-0.15, -0.1) is 0 Å². The van der Waals surface area contributed by atoms with Crippen LogP contribution in [0.5, 0.6) is 0 Å². The molecule has 2 fully saturated rings. The highest BCUT2D eigenvalue weighted by Crippen LogP contribution is 2.22. The first kappa shape index (κ1) is 18.5. The van der Waals surface area contributed by atoms with Crippen molar-refractivity contribution in [2.75, 3.05) is 74.5 Å². The summed E-state index contributed by atoms with van der Waals surface area (Å²) >= 11 is 0. The number of nitrogens with one attached hydrogen (secondary N) is 1. The van der Waals surface area contributed by atoms with Gasteiger partial charge in [-0.1, -0.05) is 0 Å². The van der Waals surface area contributed by atoms with Gasteiger partial charge in [0.1, 0.15) is 5.82 Å². The normalized spacial score (nSPS) is 18.2. The number of hydrogen-bond donors (Lipinski definition) is 1. The number of anilines is 4. The van der Waals surface area contributed by atoms with Crippen molar-refractivity contribution >= 4 is 29.6 Å². The lowest BCUT2D eigenvalue weighted by molar-refractivity contribution is -0.118. The van der Waals surface area contributed by atoms with E-state index in [4.69, 9.17) is 0 Å². The number of amides is 1. The average Bonchev–Trinajstić information content (AvgIpc) is 2.75. The molecular formula is C20H27N7O. The molecule has 0 bridgehead atoms. The summed E-state index contributed by atoms with van der Waals surface area (Å²) in [7, 11) is 2.17. The summed E-state index contributed by atoms with van der Waals surface area (Å²) in [5.74, 6) is 1.47. The van der Waals surface area contributed by atoms with Crippen LogP contribution in [0.4, 0.5) is 23.1 Å². The number of carbonyl (C=O) groups excluding carboxylic acids is 1. The highest BCUT2D eigenvalue weighted by Gasteiger charge is 2.17. The van der Waals surface area contributed by atoms with Crippen LogP contribution >= 0.6 is 0 Å². The quantitative estimate of drug-likeness (QED) is 0.782. The molecule has 2 saturated heterocycles. The second-order valence-corrected chi connectivity index (χ2v) is 7.33. The molecule has 1 aromatic heterocycles. The Labute approximate surface area is 165 Å². The molecule has 1 aromatic carbocycles. The molecule has 28 heavy (non-hydrogen) atoms. The summed E-state index contributed by atoms with van der Waals surface area (Å²) in [6, 6.07) is 10.4. The van der Waals surface area contributed by atoms with Crippen LogP contribution < -0.4 is 15.1 Å². The number of carbonyl (C=O) groups is 1. The van der Waals surface area contributed by atoms with E-state index in [1.807, 2.05) is 6.07 Å². The summed E-state index contributed by atoms with van der Waals surface area (Å²) < 4.78 is 0. The minimum absolute atomic E-state index is 0.586. The van der Waals surface area contributed by atoms with Crippen LogP contribution in [-0.4, -0.2) is 85.6 Å². The summed E-state index contributed by atoms with van der Waals surface area (Å²) in [5.41, 5.74) is 2.22. The molecule has 0 saturated carbocycles. The van der Waals surface area contributed by atoms with Crippen LogP contribution in [0.15, 0.2) is 36.5 Å². The van der Waals surface area contributed by atoms with E-state index in [1.54, 1.807) is 11.1 Å². The molecule has 2 aromatic rings. The molecule has 148 valence electrons. The zero-order valence-electron chi connectivity index (χ0n) is 16.3. The zero-order valence-corrected chi connectivity index (χ0v) is 16.3. The molecular weight excluding hydrogens is 354 g/mol. The molecule has 2 aliphatic rings. The van der Waals surface area contributed by atoms with Crippen molar-refractivity contribution in [3.8, 4) is 0 Å². The number of piperazine rings is 2. The number of likely N-dealkylation sites (N-methyl/N-ethyl adjacent to an activating group) is 1. The molecule has 0 aliphatic carbocycles. The molecule has 8 nitrogen and oxygen atoms in total. The van der Waals surface area contributed by atoms with E-state index in [1.165, 1.54) is 5.69 Å². The number of aromatic nitrogens is 2. The van der Waals surface area contributed by atoms with E-state index < -0.39 is 0 Å². The lowest BCUT2D eigenvalue weighted by Crippen LogP contribution is -2.46. The van der Waals surface area contributed by atoms with E-state index in [2.05, 4.69) is 61.3 Å². The highest BCUT2D eigenvalue weighted by molar-refractivity contribution is 5.60. The van der Waals surface area contributed by atoms with E-state index in [0.29, 0.717) is 5.95 Å². The Morgan fingerprint density at radius 2 is 1.57 bits per heavy atom. The van der Waals surface area contributed by atoms with Gasteiger partial charge in [-0.3, -0.25) is 4.79 Å². The van der Waals surface area contributed by atoms with Gasteiger partial charge in [0.2, 0.25) is 12.4 Å². The largest absolute Gasteiger partial charge is 0.369 e. The van der Waals surface area contributed by atoms with Crippen molar-refractivity contribution in [1.29, 1.82) is 0 Å². The Hall–Kier alpha value is -2.87. The van der Waals surface area contributed by atoms with Crippen LogP contribution in [0.1, 0.15) is 0 Å². The van der Waals surface area contributed by atoms with Gasteiger partial charge in [-0.2, -0.15) is 4.98 Å². The minimum Gasteiger partial charge on any atom is -0.369 e. The fourth-order valence-electron chi connectivity index (χ4n) is 3.59. The fraction of sp³-hybridized carbons (Fsp3) is 0.450. The van der Waals surface area contributed by atoms with Crippen molar-refractivity contribution < 1.29 is 4.79 Å². The van der Waals surface area contributed by atoms with Crippen LogP contribution in [0.25, 0.3) is 0 Å². The summed E-state index contributed by atoms with van der Waals surface area (Å²) in [6.45, 7) is 7.35. The predicted octanol–water partition coefficient (Wildman–Crippen LogP) is 1.25. The molecule has 3 heterocycles. The molecule has 0 atom stereocenters. The van der Waals surface area contributed by atoms with Gasteiger partial charge < -0.3 is 24.9 Å². The van der Waals surface area contributed by atoms with Crippen LogP contribution in [0.2, 0.25) is 0 Å². The first-order valence-electron chi connectivity index (χ1n) is 9.79. The smallest absolute Gasteiger partial charge is 0.229 e. The van der Waals surface area contributed by atoms with Crippen molar-refractivity contribution in [3.05, 3.63) is 36.5 Å². The van der Waals surface area contributed by atoms with Gasteiger partial charge in [-0.05, 0) is 37.4 Å². The number of hydrogen-bond acceptors (Lipinski definition) is 7. The second kappa shape index (κ2) is 8.43. The Morgan fingerprint density at radius 1 is 0.893 bits per heavy atom. The van der Waals surface area contributed by atoms with Crippen molar-refractivity contribution in [1.82, 2.24) is 19.8 Å². The second-order valence-electron chi connectivity index (χ2n) is 7.33. The first-order chi connectivity index (χ1) is 13.7. The maximum absolute atomic E-state index is 10.9. The average molecular weight is 381 g/mol. The molecule has 0 unspecified atom stereocenters. The zero-order chi connectivity index (χ0) is 19.3. The molecule has 0 radical (unpaired) electrons. The summed E-state index contributed by atoms with van der Waals surface area (Å²) in [5, 5.41) is 3.30. The molecule has 0 spiro atoms. The molecule has 2 aliphatic heterocycles. The van der Waals surface area contributed by atoms with Crippen molar-refractivity contribution in [2.45, 2.75) is 0 Å². The molecule has 4 rings (SSSR count). The van der Waals surface area contributed by atoms with Crippen LogP contribution in [-0.2, 0) is 4.79 Å². The SMILES string of the molecule is CN1CCN(c2ccc(Nc3nccc(N4CCN(C=O)CC4)n3)cc2)CC1. The Morgan fingerprint density at radius 3 is 2.25 bits per heavy atom. The van der Waals surface area contributed by atoms with Gasteiger partial charge in [0.15, 0.2) is 0 Å². The molecule has 1 amide bonds. The first-order valence-corrected chi connectivity index (χ1v) is 9.79. The predicted molar refractivity (Wildman–Crippen MR) is 111 cm³/mol. The minimum atomic E-state index is 0.586. The van der Waals surface area contributed by atoms with E-state index in [0.717, 1.165) is 70.3 Å². The third-order valence-corrected chi connectivity index (χ3v) is 5.42.